The molecule has 1 aliphatic heterocycles. The molecule has 1 aromatic rings. The molecule has 0 spiro atoms. The third kappa shape index (κ3) is 7.94. The molecule has 0 aromatic heterocycles. The van der Waals surface area contributed by atoms with Crippen molar-refractivity contribution >= 4 is 48.1 Å². The molecule has 3 amide bonds. The summed E-state index contributed by atoms with van der Waals surface area (Å²) in [6, 6.07) is 5.56. The predicted molar refractivity (Wildman–Crippen MR) is 131 cm³/mol. The van der Waals surface area contributed by atoms with Gasteiger partial charge >= 0.3 is 5.97 Å². The Kier molecular flexibility index (Phi) is 11.0. The fraction of sp³-hybridized carbons (Fsp3) is 0.545. The minimum Gasteiger partial charge on any atom is -0.480 e. The second kappa shape index (κ2) is 13.5. The number of amides is 3. The van der Waals surface area contributed by atoms with Crippen molar-refractivity contribution in [2.75, 3.05) is 24.3 Å². The number of carbonyl (C=O) groups is 4. The zero-order valence-corrected chi connectivity index (χ0v) is 20.3. The van der Waals surface area contributed by atoms with Gasteiger partial charge in [-0.15, -0.1) is 0 Å². The smallest absolute Gasteiger partial charge is 0.326 e. The number of hydrogen-bond donors (Lipinski definition) is 5. The highest BCUT2D eigenvalue weighted by molar-refractivity contribution is 7.98. The first-order valence-corrected chi connectivity index (χ1v) is 12.8. The normalized spacial score (nSPS) is 18.3. The summed E-state index contributed by atoms with van der Waals surface area (Å²) in [5, 5.41) is 14.9. The van der Waals surface area contributed by atoms with Crippen LogP contribution in [0.2, 0.25) is 0 Å². The van der Waals surface area contributed by atoms with Gasteiger partial charge in [0.05, 0.1) is 6.04 Å². The molecule has 0 saturated carbocycles. The number of benzene rings is 1. The number of nitrogens with zero attached hydrogens (tertiary/aromatic N) is 1. The second-order valence-corrected chi connectivity index (χ2v) is 9.26. The molecule has 0 bridgehead atoms. The van der Waals surface area contributed by atoms with Gasteiger partial charge in [0.2, 0.25) is 17.7 Å². The maximum atomic E-state index is 13.3. The first-order valence-electron chi connectivity index (χ1n) is 10.8. The predicted octanol–water partition coefficient (Wildman–Crippen LogP) is 0.285. The average molecular weight is 497 g/mol. The summed E-state index contributed by atoms with van der Waals surface area (Å²) >= 11 is 5.55. The van der Waals surface area contributed by atoms with E-state index < -0.39 is 47.9 Å². The van der Waals surface area contributed by atoms with Crippen LogP contribution in [0.3, 0.4) is 0 Å². The number of carbonyl (C=O) groups excluding carboxylic acids is 3. The van der Waals surface area contributed by atoms with E-state index >= 15 is 0 Å². The first kappa shape index (κ1) is 27.0. The highest BCUT2D eigenvalue weighted by Gasteiger charge is 2.38. The fourth-order valence-corrected chi connectivity index (χ4v) is 4.31. The molecule has 0 aliphatic carbocycles. The number of carboxylic acid groups (broad SMARTS) is 1. The maximum absolute atomic E-state index is 13.3. The van der Waals surface area contributed by atoms with Crippen LogP contribution in [0, 0.1) is 0 Å². The van der Waals surface area contributed by atoms with Crippen molar-refractivity contribution in [3.05, 3.63) is 35.9 Å². The zero-order valence-electron chi connectivity index (χ0n) is 18.6. The lowest BCUT2D eigenvalue weighted by Gasteiger charge is -2.29. The van der Waals surface area contributed by atoms with Gasteiger partial charge in [-0.05, 0) is 36.8 Å². The van der Waals surface area contributed by atoms with Crippen LogP contribution < -0.4 is 16.4 Å². The van der Waals surface area contributed by atoms with E-state index in [1.807, 2.05) is 36.6 Å². The van der Waals surface area contributed by atoms with Crippen molar-refractivity contribution in [1.82, 2.24) is 15.5 Å². The Morgan fingerprint density at radius 1 is 1.18 bits per heavy atom. The summed E-state index contributed by atoms with van der Waals surface area (Å²) in [5.74, 6) is -1.77. The molecule has 1 aromatic carbocycles. The summed E-state index contributed by atoms with van der Waals surface area (Å²) < 4.78 is 0. The summed E-state index contributed by atoms with van der Waals surface area (Å²) in [4.78, 5) is 51.7. The minimum atomic E-state index is -1.06. The van der Waals surface area contributed by atoms with Gasteiger partial charge in [0, 0.05) is 18.7 Å². The molecule has 2 rings (SSSR count). The van der Waals surface area contributed by atoms with Gasteiger partial charge in [-0.25, -0.2) is 4.79 Å². The number of hydrogen-bond acceptors (Lipinski definition) is 7. The molecule has 33 heavy (non-hydrogen) atoms. The number of nitrogens with two attached hydrogens (primary N) is 1. The van der Waals surface area contributed by atoms with Crippen LogP contribution >= 0.6 is 24.4 Å². The van der Waals surface area contributed by atoms with E-state index in [1.165, 1.54) is 16.7 Å². The molecular formula is C22H32N4O5S2. The SMILES string of the molecule is CSCCC(NC(=O)C(N)CS)C(=O)NC(Cc1ccccc1)C(=O)N1CCCC1C(=O)O. The molecule has 11 heteroatoms. The molecule has 9 nitrogen and oxygen atoms in total. The van der Waals surface area contributed by atoms with Crippen molar-refractivity contribution in [2.24, 2.45) is 5.73 Å². The largest absolute Gasteiger partial charge is 0.480 e. The lowest BCUT2D eigenvalue weighted by molar-refractivity contribution is -0.149. The van der Waals surface area contributed by atoms with Crippen molar-refractivity contribution in [1.29, 1.82) is 0 Å². The molecule has 4 atom stereocenters. The third-order valence-electron chi connectivity index (χ3n) is 5.50. The molecule has 0 radical (unpaired) electrons. The summed E-state index contributed by atoms with van der Waals surface area (Å²) in [7, 11) is 0. The summed E-state index contributed by atoms with van der Waals surface area (Å²) in [6.45, 7) is 0.320. The van der Waals surface area contributed by atoms with Crippen LogP contribution in [0.25, 0.3) is 0 Å². The Balaban J connectivity index is 2.23. The molecule has 182 valence electrons. The molecule has 5 N–H and O–H groups in total. The Morgan fingerprint density at radius 2 is 1.85 bits per heavy atom. The van der Waals surface area contributed by atoms with Gasteiger partial charge in [-0.3, -0.25) is 14.4 Å². The van der Waals surface area contributed by atoms with E-state index in [9.17, 15) is 24.3 Å². The topological polar surface area (TPSA) is 142 Å². The van der Waals surface area contributed by atoms with Crippen LogP contribution in [0.4, 0.5) is 0 Å². The van der Waals surface area contributed by atoms with Gasteiger partial charge in [-0.2, -0.15) is 24.4 Å². The Morgan fingerprint density at radius 3 is 2.45 bits per heavy atom. The molecule has 1 saturated heterocycles. The number of aliphatic carboxylic acids is 1. The Hall–Kier alpha value is -2.24. The zero-order chi connectivity index (χ0) is 24.4. The van der Waals surface area contributed by atoms with Crippen molar-refractivity contribution in [2.45, 2.75) is 49.9 Å². The van der Waals surface area contributed by atoms with Gasteiger partial charge < -0.3 is 26.4 Å². The van der Waals surface area contributed by atoms with Crippen LogP contribution in [-0.2, 0) is 25.6 Å². The van der Waals surface area contributed by atoms with Crippen molar-refractivity contribution in [3.63, 3.8) is 0 Å². The minimum absolute atomic E-state index is 0.128. The Labute approximate surface area is 203 Å². The van der Waals surface area contributed by atoms with Gasteiger partial charge in [0.15, 0.2) is 0 Å². The number of likely N-dealkylation sites (tertiary alicyclic amines) is 1. The quantitative estimate of drug-likeness (QED) is 0.262. The van der Waals surface area contributed by atoms with Crippen LogP contribution in [0.15, 0.2) is 30.3 Å². The fourth-order valence-electron chi connectivity index (χ4n) is 3.68. The third-order valence-corrected chi connectivity index (χ3v) is 6.53. The monoisotopic (exact) mass is 496 g/mol. The summed E-state index contributed by atoms with van der Waals surface area (Å²) in [6.07, 6.45) is 3.40. The van der Waals surface area contributed by atoms with Crippen LogP contribution in [0.1, 0.15) is 24.8 Å². The average Bonchev–Trinajstić information content (AvgIpc) is 3.31. The van der Waals surface area contributed by atoms with E-state index in [4.69, 9.17) is 5.73 Å². The lowest BCUT2D eigenvalue weighted by Crippen LogP contribution is -2.58. The van der Waals surface area contributed by atoms with Crippen LogP contribution in [0.5, 0.6) is 0 Å². The lowest BCUT2D eigenvalue weighted by atomic mass is 10.0. The van der Waals surface area contributed by atoms with Gasteiger partial charge in [-0.1, -0.05) is 30.3 Å². The highest BCUT2D eigenvalue weighted by atomic mass is 32.2. The number of carboxylic acids is 1. The second-order valence-electron chi connectivity index (χ2n) is 7.91. The van der Waals surface area contributed by atoms with E-state index in [0.29, 0.717) is 31.6 Å². The highest BCUT2D eigenvalue weighted by Crippen LogP contribution is 2.20. The molecule has 4 unspecified atom stereocenters. The molecule has 1 fully saturated rings. The molecule has 1 heterocycles. The van der Waals surface area contributed by atoms with Gasteiger partial charge in [0.1, 0.15) is 18.1 Å². The van der Waals surface area contributed by atoms with E-state index in [1.54, 1.807) is 0 Å². The maximum Gasteiger partial charge on any atom is 0.326 e. The van der Waals surface area contributed by atoms with E-state index in [2.05, 4.69) is 23.3 Å². The standard InChI is InChI=1S/C22H32N4O5S2/c1-33-11-9-16(24-19(27)15(23)13-32)20(28)25-17(12-14-6-3-2-4-7-14)21(29)26-10-5-8-18(26)22(30)31/h2-4,6-7,15-18,32H,5,8-13,23H2,1H3,(H,24,27)(H,25,28)(H,30,31). The number of thioether (sulfide) groups is 1. The van der Waals surface area contributed by atoms with Crippen molar-refractivity contribution < 1.29 is 24.3 Å². The molecule has 1 aliphatic rings. The Bertz CT molecular complexity index is 826. The first-order chi connectivity index (χ1) is 15.8. The van der Waals surface area contributed by atoms with Crippen molar-refractivity contribution in [3.8, 4) is 0 Å². The van der Waals surface area contributed by atoms with Gasteiger partial charge in [0.25, 0.3) is 0 Å². The number of thiol groups is 1. The van der Waals surface area contributed by atoms with E-state index in [-0.39, 0.29) is 12.2 Å². The summed E-state index contributed by atoms with van der Waals surface area (Å²) in [5.41, 5.74) is 6.55. The number of rotatable bonds is 12. The van der Waals surface area contributed by atoms with Crippen LogP contribution in [-0.4, -0.2) is 82.2 Å². The molecular weight excluding hydrogens is 464 g/mol. The number of nitrogens with one attached hydrogen (secondary N) is 2. The van der Waals surface area contributed by atoms with E-state index in [0.717, 1.165) is 5.56 Å².